The molecule has 0 fully saturated rings. The Morgan fingerprint density at radius 2 is 1.60 bits per heavy atom. The molecule has 4 nitrogen and oxygen atoms in total. The lowest BCUT2D eigenvalue weighted by Crippen LogP contribution is -2.22. The van der Waals surface area contributed by atoms with E-state index in [4.69, 9.17) is 4.74 Å². The summed E-state index contributed by atoms with van der Waals surface area (Å²) in [6.07, 6.45) is 4.98. The number of aliphatic imine (C=N–C) groups is 2. The van der Waals surface area contributed by atoms with Crippen molar-refractivity contribution in [1.29, 1.82) is 0 Å². The summed E-state index contributed by atoms with van der Waals surface area (Å²) in [6.45, 7) is 2.83. The van der Waals surface area contributed by atoms with Crippen molar-refractivity contribution in [3.8, 4) is 0 Å². The number of carbonyl (C=O) groups excluding carboxylic acids is 1. The highest BCUT2D eigenvalue weighted by Gasteiger charge is 2.17. The summed E-state index contributed by atoms with van der Waals surface area (Å²) in [5.41, 5.74) is 2.05. The third-order valence-corrected chi connectivity index (χ3v) is 3.57. The minimum absolute atomic E-state index is 0.276. The van der Waals surface area contributed by atoms with Crippen molar-refractivity contribution in [2.45, 2.75) is 25.8 Å². The van der Waals surface area contributed by atoms with Crippen LogP contribution in [-0.2, 0) is 9.53 Å². The number of hydrogen-bond acceptors (Lipinski definition) is 4. The first-order chi connectivity index (χ1) is 12.3. The Bertz CT molecular complexity index is 682. The van der Waals surface area contributed by atoms with Crippen LogP contribution in [0, 0.1) is 0 Å². The van der Waals surface area contributed by atoms with Gasteiger partial charge in [-0.3, -0.25) is 9.98 Å². The molecule has 130 valence electrons. The van der Waals surface area contributed by atoms with Gasteiger partial charge in [0, 0.05) is 19.0 Å². The van der Waals surface area contributed by atoms with Crippen molar-refractivity contribution in [3.05, 3.63) is 71.8 Å². The van der Waals surface area contributed by atoms with Gasteiger partial charge >= 0.3 is 5.97 Å². The zero-order valence-electron chi connectivity index (χ0n) is 14.5. The lowest BCUT2D eigenvalue weighted by molar-refractivity contribution is -0.144. The Kier molecular flexibility index (Phi) is 8.12. The molecule has 0 amide bonds. The number of esters is 1. The van der Waals surface area contributed by atoms with Crippen LogP contribution in [-0.4, -0.2) is 37.6 Å². The second-order valence-electron chi connectivity index (χ2n) is 5.54. The van der Waals surface area contributed by atoms with Crippen LogP contribution in [0.3, 0.4) is 0 Å². The van der Waals surface area contributed by atoms with Crippen LogP contribution >= 0.6 is 0 Å². The summed E-state index contributed by atoms with van der Waals surface area (Å²) in [4.78, 5) is 20.9. The molecule has 25 heavy (non-hydrogen) atoms. The number of carbonyl (C=O) groups is 1. The monoisotopic (exact) mass is 336 g/mol. The van der Waals surface area contributed by atoms with Gasteiger partial charge in [-0.15, -0.1) is 0 Å². The SMILES string of the molecule is CCOC(=O)C(CCCN=Cc1ccccc1)N=Cc1ccccc1. The fourth-order valence-electron chi connectivity index (χ4n) is 2.29. The molecule has 0 aliphatic rings. The lowest BCUT2D eigenvalue weighted by atomic mass is 10.1. The van der Waals surface area contributed by atoms with Gasteiger partial charge in [0.1, 0.15) is 6.04 Å². The molecule has 0 aliphatic carbocycles. The molecule has 1 unspecified atom stereocenters. The van der Waals surface area contributed by atoms with Crippen LogP contribution in [0.1, 0.15) is 30.9 Å². The van der Waals surface area contributed by atoms with E-state index in [0.717, 1.165) is 17.5 Å². The number of hydrogen-bond donors (Lipinski definition) is 0. The Labute approximate surface area is 149 Å². The Hall–Kier alpha value is -2.75. The summed E-state index contributed by atoms with van der Waals surface area (Å²) in [5, 5.41) is 0. The Balaban J connectivity index is 1.86. The summed E-state index contributed by atoms with van der Waals surface area (Å²) in [6, 6.07) is 19.2. The van der Waals surface area contributed by atoms with E-state index in [9.17, 15) is 4.79 Å². The first kappa shape index (κ1) is 18.6. The maximum Gasteiger partial charge on any atom is 0.330 e. The molecule has 2 aromatic rings. The molecule has 2 aromatic carbocycles. The summed E-state index contributed by atoms with van der Waals surface area (Å²) < 4.78 is 5.13. The quantitative estimate of drug-likeness (QED) is 0.396. The van der Waals surface area contributed by atoms with Gasteiger partial charge in [-0.25, -0.2) is 4.79 Å². The van der Waals surface area contributed by atoms with Gasteiger partial charge in [0.2, 0.25) is 0 Å². The standard InChI is InChI=1S/C21H24N2O2/c1-2-25-21(24)20(23-17-19-12-7-4-8-13-19)14-9-15-22-16-18-10-5-3-6-11-18/h3-8,10-13,16-17,20H,2,9,14-15H2,1H3. The second kappa shape index (κ2) is 10.9. The molecule has 2 rings (SSSR count). The second-order valence-corrected chi connectivity index (χ2v) is 5.54. The van der Waals surface area contributed by atoms with Gasteiger partial charge in [0.15, 0.2) is 0 Å². The molecule has 0 radical (unpaired) electrons. The first-order valence-electron chi connectivity index (χ1n) is 8.59. The molecule has 0 aromatic heterocycles. The molecule has 0 saturated carbocycles. The molecule has 0 saturated heterocycles. The van der Waals surface area contributed by atoms with Crippen molar-refractivity contribution < 1.29 is 9.53 Å². The molecule has 0 heterocycles. The molecule has 0 N–H and O–H groups in total. The molecular weight excluding hydrogens is 312 g/mol. The van der Waals surface area contributed by atoms with Crippen LogP contribution in [0.15, 0.2) is 70.6 Å². The van der Waals surface area contributed by atoms with Gasteiger partial charge < -0.3 is 4.74 Å². The molecule has 0 bridgehead atoms. The molecule has 1 atom stereocenters. The largest absolute Gasteiger partial charge is 0.464 e. The average Bonchev–Trinajstić information content (AvgIpc) is 2.65. The Morgan fingerprint density at radius 3 is 2.20 bits per heavy atom. The van der Waals surface area contributed by atoms with E-state index in [1.807, 2.05) is 66.9 Å². The summed E-state index contributed by atoms with van der Waals surface area (Å²) in [7, 11) is 0. The van der Waals surface area contributed by atoms with Gasteiger partial charge in [0.25, 0.3) is 0 Å². The van der Waals surface area contributed by atoms with Gasteiger partial charge in [-0.1, -0.05) is 60.7 Å². The van der Waals surface area contributed by atoms with Crippen molar-refractivity contribution >= 4 is 18.4 Å². The van der Waals surface area contributed by atoms with Crippen molar-refractivity contribution in [2.24, 2.45) is 9.98 Å². The van der Waals surface area contributed by atoms with E-state index >= 15 is 0 Å². The van der Waals surface area contributed by atoms with Gasteiger partial charge in [-0.05, 0) is 30.9 Å². The Morgan fingerprint density at radius 1 is 1.00 bits per heavy atom. The smallest absolute Gasteiger partial charge is 0.330 e. The maximum absolute atomic E-state index is 12.1. The van der Waals surface area contributed by atoms with E-state index in [1.54, 1.807) is 13.1 Å². The van der Waals surface area contributed by atoms with E-state index in [-0.39, 0.29) is 5.97 Å². The van der Waals surface area contributed by atoms with Crippen molar-refractivity contribution in [2.75, 3.05) is 13.2 Å². The van der Waals surface area contributed by atoms with Crippen LogP contribution in [0.2, 0.25) is 0 Å². The van der Waals surface area contributed by atoms with Crippen LogP contribution in [0.25, 0.3) is 0 Å². The first-order valence-corrected chi connectivity index (χ1v) is 8.59. The zero-order valence-corrected chi connectivity index (χ0v) is 14.5. The highest BCUT2D eigenvalue weighted by Crippen LogP contribution is 2.07. The van der Waals surface area contributed by atoms with Crippen LogP contribution in [0.4, 0.5) is 0 Å². The molecule has 4 heteroatoms. The average molecular weight is 336 g/mol. The number of nitrogens with zero attached hydrogens (tertiary/aromatic N) is 2. The zero-order chi connectivity index (χ0) is 17.7. The van der Waals surface area contributed by atoms with E-state index < -0.39 is 6.04 Å². The fraction of sp³-hybridized carbons (Fsp3) is 0.286. The topological polar surface area (TPSA) is 51.0 Å². The molecule has 0 spiro atoms. The van der Waals surface area contributed by atoms with Gasteiger partial charge in [-0.2, -0.15) is 0 Å². The summed E-state index contributed by atoms with van der Waals surface area (Å²) in [5.74, 6) is -0.276. The minimum atomic E-state index is -0.480. The minimum Gasteiger partial charge on any atom is -0.464 e. The van der Waals surface area contributed by atoms with E-state index in [2.05, 4.69) is 9.98 Å². The summed E-state index contributed by atoms with van der Waals surface area (Å²) >= 11 is 0. The highest BCUT2D eigenvalue weighted by atomic mass is 16.5. The van der Waals surface area contributed by atoms with Gasteiger partial charge in [0.05, 0.1) is 6.61 Å². The number of ether oxygens (including phenoxy) is 1. The van der Waals surface area contributed by atoms with Crippen molar-refractivity contribution in [1.82, 2.24) is 0 Å². The highest BCUT2D eigenvalue weighted by molar-refractivity contribution is 5.84. The molecule has 0 aliphatic heterocycles. The lowest BCUT2D eigenvalue weighted by Gasteiger charge is -2.10. The fourth-order valence-corrected chi connectivity index (χ4v) is 2.29. The van der Waals surface area contributed by atoms with E-state index in [0.29, 0.717) is 19.6 Å². The normalized spacial score (nSPS) is 12.5. The third kappa shape index (κ3) is 7.12. The number of rotatable bonds is 9. The van der Waals surface area contributed by atoms with Crippen molar-refractivity contribution in [3.63, 3.8) is 0 Å². The van der Waals surface area contributed by atoms with Crippen LogP contribution < -0.4 is 0 Å². The number of benzene rings is 2. The predicted octanol–water partition coefficient (Wildman–Crippen LogP) is 3.94. The maximum atomic E-state index is 12.1. The van der Waals surface area contributed by atoms with Crippen LogP contribution in [0.5, 0.6) is 0 Å². The molecular formula is C21H24N2O2. The van der Waals surface area contributed by atoms with E-state index in [1.165, 1.54) is 0 Å². The predicted molar refractivity (Wildman–Crippen MR) is 103 cm³/mol. The third-order valence-electron chi connectivity index (χ3n) is 3.57.